The molecule has 0 saturated carbocycles. The van der Waals surface area contributed by atoms with Gasteiger partial charge in [-0.15, -0.1) is 11.3 Å². The van der Waals surface area contributed by atoms with Crippen molar-refractivity contribution in [2.75, 3.05) is 5.32 Å². The van der Waals surface area contributed by atoms with Crippen LogP contribution in [0.1, 0.15) is 21.0 Å². The zero-order valence-electron chi connectivity index (χ0n) is 10.5. The highest BCUT2D eigenvalue weighted by atomic mass is 32.1. The van der Waals surface area contributed by atoms with Gasteiger partial charge in [0.05, 0.1) is 17.1 Å². The molecule has 19 heavy (non-hydrogen) atoms. The van der Waals surface area contributed by atoms with Gasteiger partial charge < -0.3 is 5.32 Å². The van der Waals surface area contributed by atoms with Crippen molar-refractivity contribution in [1.82, 2.24) is 4.98 Å². The van der Waals surface area contributed by atoms with Crippen LogP contribution in [-0.4, -0.2) is 4.98 Å². The Morgan fingerprint density at radius 1 is 1.26 bits per heavy atom. The Hall–Kier alpha value is -1.56. The van der Waals surface area contributed by atoms with E-state index in [2.05, 4.69) is 10.3 Å². The van der Waals surface area contributed by atoms with E-state index in [1.165, 1.54) is 17.4 Å². The fourth-order valence-corrected chi connectivity index (χ4v) is 2.39. The maximum absolute atomic E-state index is 12.6. The summed E-state index contributed by atoms with van der Waals surface area (Å²) in [4.78, 5) is 5.10. The number of halogens is 3. The van der Waals surface area contributed by atoms with Crippen molar-refractivity contribution >= 4 is 17.0 Å². The standard InChI is InChI=1S/C13H13F3N2S/c1-8-3-4-10(13(14,15)16)5-12(8)18-7-11-6-17-9(2)19-11/h3-6,18H,7H2,1-2H3. The van der Waals surface area contributed by atoms with Crippen LogP contribution >= 0.6 is 11.3 Å². The molecular formula is C13H13F3N2S. The molecule has 0 atom stereocenters. The molecule has 1 aromatic carbocycles. The molecular weight excluding hydrogens is 273 g/mol. The Labute approximate surface area is 113 Å². The largest absolute Gasteiger partial charge is 0.416 e. The fraction of sp³-hybridized carbons (Fsp3) is 0.308. The second-order valence-corrected chi connectivity index (χ2v) is 5.55. The summed E-state index contributed by atoms with van der Waals surface area (Å²) in [7, 11) is 0. The molecule has 6 heteroatoms. The van der Waals surface area contributed by atoms with Crippen molar-refractivity contribution in [3.05, 3.63) is 45.4 Å². The predicted octanol–water partition coefficient (Wildman–Crippen LogP) is 4.39. The van der Waals surface area contributed by atoms with E-state index in [-0.39, 0.29) is 0 Å². The Kier molecular flexibility index (Phi) is 3.80. The number of hydrogen-bond acceptors (Lipinski definition) is 3. The first kappa shape index (κ1) is 13.9. The van der Waals surface area contributed by atoms with Crippen LogP contribution in [0.4, 0.5) is 18.9 Å². The molecule has 1 aromatic heterocycles. The second kappa shape index (κ2) is 5.21. The van der Waals surface area contributed by atoms with Gasteiger partial charge in [0, 0.05) is 16.8 Å². The Balaban J connectivity index is 2.15. The molecule has 0 fully saturated rings. The van der Waals surface area contributed by atoms with E-state index in [9.17, 15) is 13.2 Å². The maximum Gasteiger partial charge on any atom is 0.416 e. The highest BCUT2D eigenvalue weighted by molar-refractivity contribution is 7.11. The third-order valence-electron chi connectivity index (χ3n) is 2.69. The first-order valence-corrected chi connectivity index (χ1v) is 6.51. The molecule has 0 radical (unpaired) electrons. The SMILES string of the molecule is Cc1ncc(CNc2cc(C(F)(F)F)ccc2C)s1. The van der Waals surface area contributed by atoms with Crippen molar-refractivity contribution in [2.45, 2.75) is 26.6 Å². The summed E-state index contributed by atoms with van der Waals surface area (Å²) in [6.45, 7) is 4.15. The monoisotopic (exact) mass is 286 g/mol. The molecule has 1 heterocycles. The quantitative estimate of drug-likeness (QED) is 0.905. The molecule has 0 unspecified atom stereocenters. The van der Waals surface area contributed by atoms with Crippen molar-refractivity contribution in [2.24, 2.45) is 0 Å². The lowest BCUT2D eigenvalue weighted by molar-refractivity contribution is -0.137. The number of nitrogens with one attached hydrogen (secondary N) is 1. The lowest BCUT2D eigenvalue weighted by atomic mass is 10.1. The van der Waals surface area contributed by atoms with Crippen LogP contribution in [0.25, 0.3) is 0 Å². The van der Waals surface area contributed by atoms with Crippen LogP contribution in [0.15, 0.2) is 24.4 Å². The normalized spacial score (nSPS) is 11.6. The van der Waals surface area contributed by atoms with Crippen LogP contribution in [0.3, 0.4) is 0 Å². The minimum atomic E-state index is -4.31. The van der Waals surface area contributed by atoms with Crippen LogP contribution in [0, 0.1) is 13.8 Å². The molecule has 0 aliphatic carbocycles. The average Bonchev–Trinajstić information content (AvgIpc) is 2.72. The number of anilines is 1. The summed E-state index contributed by atoms with van der Waals surface area (Å²) in [6.07, 6.45) is -2.58. The van der Waals surface area contributed by atoms with Gasteiger partial charge in [0.25, 0.3) is 0 Å². The Morgan fingerprint density at radius 2 is 2.00 bits per heavy atom. The van der Waals surface area contributed by atoms with Gasteiger partial charge in [-0.2, -0.15) is 13.2 Å². The number of aryl methyl sites for hydroxylation is 2. The minimum Gasteiger partial charge on any atom is -0.380 e. The van der Waals surface area contributed by atoms with Crippen LogP contribution < -0.4 is 5.32 Å². The number of benzene rings is 1. The molecule has 0 saturated heterocycles. The third kappa shape index (κ3) is 3.47. The molecule has 2 aromatic rings. The van der Waals surface area contributed by atoms with Gasteiger partial charge in [0.2, 0.25) is 0 Å². The highest BCUT2D eigenvalue weighted by Gasteiger charge is 2.30. The van der Waals surface area contributed by atoms with Gasteiger partial charge in [-0.3, -0.25) is 0 Å². The zero-order chi connectivity index (χ0) is 14.0. The molecule has 0 aliphatic rings. The summed E-state index contributed by atoms with van der Waals surface area (Å²) in [5, 5.41) is 3.97. The second-order valence-electron chi connectivity index (χ2n) is 4.23. The lowest BCUT2D eigenvalue weighted by Gasteiger charge is -2.12. The van der Waals surface area contributed by atoms with Gasteiger partial charge in [-0.05, 0) is 31.5 Å². The third-order valence-corrected chi connectivity index (χ3v) is 3.60. The highest BCUT2D eigenvalue weighted by Crippen LogP contribution is 2.32. The fourth-order valence-electron chi connectivity index (χ4n) is 1.66. The number of rotatable bonds is 3. The zero-order valence-corrected chi connectivity index (χ0v) is 11.3. The van der Waals surface area contributed by atoms with Crippen LogP contribution in [0.2, 0.25) is 0 Å². The first-order valence-electron chi connectivity index (χ1n) is 5.69. The molecule has 102 valence electrons. The molecule has 1 N–H and O–H groups in total. The minimum absolute atomic E-state index is 0.480. The van der Waals surface area contributed by atoms with Crippen LogP contribution in [0.5, 0.6) is 0 Å². The van der Waals surface area contributed by atoms with E-state index in [1.807, 2.05) is 6.92 Å². The van der Waals surface area contributed by atoms with Gasteiger partial charge in [0.1, 0.15) is 0 Å². The van der Waals surface area contributed by atoms with E-state index in [4.69, 9.17) is 0 Å². The number of nitrogens with zero attached hydrogens (tertiary/aromatic N) is 1. The van der Waals surface area contributed by atoms with E-state index in [1.54, 1.807) is 13.1 Å². The first-order chi connectivity index (χ1) is 8.86. The summed E-state index contributed by atoms with van der Waals surface area (Å²) in [5.41, 5.74) is 0.649. The summed E-state index contributed by atoms with van der Waals surface area (Å²) < 4.78 is 37.9. The van der Waals surface area contributed by atoms with Gasteiger partial charge in [-0.1, -0.05) is 6.07 Å². The average molecular weight is 286 g/mol. The van der Waals surface area contributed by atoms with Crippen molar-refractivity contribution in [3.63, 3.8) is 0 Å². The van der Waals surface area contributed by atoms with Crippen molar-refractivity contribution in [3.8, 4) is 0 Å². The number of thiazole rings is 1. The number of alkyl halides is 3. The predicted molar refractivity (Wildman–Crippen MR) is 70.4 cm³/mol. The molecule has 2 nitrogen and oxygen atoms in total. The molecule has 0 aliphatic heterocycles. The molecule has 2 rings (SSSR count). The van der Waals surface area contributed by atoms with Crippen LogP contribution in [-0.2, 0) is 12.7 Å². The summed E-state index contributed by atoms with van der Waals surface area (Å²) >= 11 is 1.53. The van der Waals surface area contributed by atoms with E-state index >= 15 is 0 Å². The lowest BCUT2D eigenvalue weighted by Crippen LogP contribution is -2.07. The topological polar surface area (TPSA) is 24.9 Å². The molecule has 0 bridgehead atoms. The van der Waals surface area contributed by atoms with Gasteiger partial charge in [0.15, 0.2) is 0 Å². The van der Waals surface area contributed by atoms with E-state index in [0.29, 0.717) is 12.2 Å². The van der Waals surface area contributed by atoms with E-state index < -0.39 is 11.7 Å². The summed E-state index contributed by atoms with van der Waals surface area (Å²) in [6, 6.07) is 3.71. The van der Waals surface area contributed by atoms with E-state index in [0.717, 1.165) is 27.6 Å². The molecule has 0 spiro atoms. The maximum atomic E-state index is 12.6. The van der Waals surface area contributed by atoms with Gasteiger partial charge in [-0.25, -0.2) is 4.98 Å². The molecule has 0 amide bonds. The smallest absolute Gasteiger partial charge is 0.380 e. The Bertz CT molecular complexity index is 576. The number of aromatic nitrogens is 1. The van der Waals surface area contributed by atoms with Crippen molar-refractivity contribution < 1.29 is 13.2 Å². The van der Waals surface area contributed by atoms with Gasteiger partial charge >= 0.3 is 6.18 Å². The Morgan fingerprint density at radius 3 is 2.58 bits per heavy atom. The number of hydrogen-bond donors (Lipinski definition) is 1. The summed E-state index contributed by atoms with van der Waals surface area (Å²) in [5.74, 6) is 0. The van der Waals surface area contributed by atoms with Crippen molar-refractivity contribution in [1.29, 1.82) is 0 Å².